The van der Waals surface area contributed by atoms with E-state index in [9.17, 15) is 18.4 Å². The summed E-state index contributed by atoms with van der Waals surface area (Å²) in [7, 11) is 0. The molecule has 0 atom stereocenters. The number of urea groups is 1. The molecule has 0 unspecified atom stereocenters. The maximum Gasteiger partial charge on any atom is 0.324 e. The van der Waals surface area contributed by atoms with Crippen molar-refractivity contribution < 1.29 is 22.8 Å². The lowest BCUT2D eigenvalue weighted by atomic mass is 10.1. The van der Waals surface area contributed by atoms with Gasteiger partial charge in [0.25, 0.3) is 5.91 Å². The lowest BCUT2D eigenvalue weighted by Crippen LogP contribution is -2.49. The highest BCUT2D eigenvalue weighted by Gasteiger charge is 2.27. The van der Waals surface area contributed by atoms with Crippen LogP contribution in [0.1, 0.15) is 22.5 Å². The molecule has 3 aromatic rings. The van der Waals surface area contributed by atoms with Gasteiger partial charge >= 0.3 is 6.03 Å². The van der Waals surface area contributed by atoms with Crippen LogP contribution in [-0.2, 0) is 6.54 Å². The Hall–Kier alpha value is -3.68. The highest BCUT2D eigenvalue weighted by atomic mass is 19.1. The van der Waals surface area contributed by atoms with Crippen molar-refractivity contribution in [2.75, 3.05) is 23.3 Å². The Bertz CT molecular complexity index is 1050. The van der Waals surface area contributed by atoms with Crippen molar-refractivity contribution in [3.05, 3.63) is 83.8 Å². The smallest absolute Gasteiger partial charge is 0.324 e. The van der Waals surface area contributed by atoms with Crippen LogP contribution in [0.25, 0.3) is 0 Å². The van der Waals surface area contributed by atoms with E-state index < -0.39 is 11.6 Å². The molecule has 3 amide bonds. The summed E-state index contributed by atoms with van der Waals surface area (Å²) in [5.41, 5.74) is 1.35. The summed E-state index contributed by atoms with van der Waals surface area (Å²) >= 11 is 0. The van der Waals surface area contributed by atoms with Gasteiger partial charge in [-0.25, -0.2) is 13.6 Å². The van der Waals surface area contributed by atoms with E-state index in [1.165, 1.54) is 11.2 Å². The molecule has 2 aromatic carbocycles. The van der Waals surface area contributed by atoms with Crippen molar-refractivity contribution in [1.29, 1.82) is 0 Å². The zero-order valence-electron chi connectivity index (χ0n) is 16.0. The molecule has 154 valence electrons. The number of nitrogens with one attached hydrogen (secondary N) is 1. The van der Waals surface area contributed by atoms with Gasteiger partial charge in [0, 0.05) is 30.0 Å². The van der Waals surface area contributed by atoms with E-state index in [1.54, 1.807) is 41.3 Å². The summed E-state index contributed by atoms with van der Waals surface area (Å²) in [6.07, 6.45) is 2.11. The van der Waals surface area contributed by atoms with Gasteiger partial charge in [0.15, 0.2) is 5.76 Å². The van der Waals surface area contributed by atoms with E-state index in [-0.39, 0.29) is 29.8 Å². The Labute approximate surface area is 171 Å². The Balaban J connectivity index is 1.45. The Morgan fingerprint density at radius 1 is 1.07 bits per heavy atom. The number of hydrogen-bond donors (Lipinski definition) is 1. The SMILES string of the molecule is O=C(Nc1ccc(N2CCCN(Cc3cc(F)ccc3F)C2=O)cc1)c1ccco1. The number of furan rings is 1. The molecule has 8 heteroatoms. The predicted molar refractivity (Wildman–Crippen MR) is 107 cm³/mol. The van der Waals surface area contributed by atoms with Crippen LogP contribution in [0.2, 0.25) is 0 Å². The van der Waals surface area contributed by atoms with E-state index in [4.69, 9.17) is 4.42 Å². The highest BCUT2D eigenvalue weighted by molar-refractivity contribution is 6.02. The van der Waals surface area contributed by atoms with Gasteiger partial charge in [-0.05, 0) is 61.0 Å². The van der Waals surface area contributed by atoms with Gasteiger partial charge in [0.2, 0.25) is 0 Å². The summed E-state index contributed by atoms with van der Waals surface area (Å²) in [5.74, 6) is -1.26. The molecule has 1 aliphatic heterocycles. The van der Waals surface area contributed by atoms with Crippen LogP contribution in [0.3, 0.4) is 0 Å². The Kier molecular flexibility index (Phi) is 5.47. The number of rotatable bonds is 5. The van der Waals surface area contributed by atoms with Crippen molar-refractivity contribution in [2.24, 2.45) is 0 Å². The first-order chi connectivity index (χ1) is 14.5. The molecule has 1 aliphatic rings. The van der Waals surface area contributed by atoms with Crippen molar-refractivity contribution in [3.8, 4) is 0 Å². The van der Waals surface area contributed by atoms with Gasteiger partial charge in [-0.3, -0.25) is 9.69 Å². The standard InChI is InChI=1S/C22H19F2N3O3/c23-16-4-9-19(24)15(13-16)14-26-10-2-11-27(22(26)29)18-7-5-17(6-8-18)25-21(28)20-3-1-12-30-20/h1,3-9,12-13H,2,10-11,14H2,(H,25,28). The number of benzene rings is 2. The summed E-state index contributed by atoms with van der Waals surface area (Å²) in [5, 5.41) is 2.71. The van der Waals surface area contributed by atoms with Crippen LogP contribution < -0.4 is 10.2 Å². The number of hydrogen-bond acceptors (Lipinski definition) is 3. The molecule has 30 heavy (non-hydrogen) atoms. The van der Waals surface area contributed by atoms with Crippen molar-refractivity contribution in [3.63, 3.8) is 0 Å². The Morgan fingerprint density at radius 2 is 1.87 bits per heavy atom. The molecule has 4 rings (SSSR count). The lowest BCUT2D eigenvalue weighted by molar-refractivity contribution is 0.0996. The van der Waals surface area contributed by atoms with Crippen LogP contribution in [0.15, 0.2) is 65.3 Å². The largest absolute Gasteiger partial charge is 0.459 e. The van der Waals surface area contributed by atoms with E-state index in [0.717, 1.165) is 18.2 Å². The minimum absolute atomic E-state index is 0.00376. The molecule has 1 fully saturated rings. The maximum atomic E-state index is 14.0. The van der Waals surface area contributed by atoms with Crippen LogP contribution in [-0.4, -0.2) is 29.9 Å². The first-order valence-electron chi connectivity index (χ1n) is 9.46. The first kappa shape index (κ1) is 19.6. The van der Waals surface area contributed by atoms with E-state index in [1.807, 2.05) is 0 Å². The first-order valence-corrected chi connectivity index (χ1v) is 9.46. The number of carbonyl (C=O) groups excluding carboxylic acids is 2. The van der Waals surface area contributed by atoms with Gasteiger partial charge in [-0.1, -0.05) is 0 Å². The minimum Gasteiger partial charge on any atom is -0.459 e. The van der Waals surface area contributed by atoms with Crippen molar-refractivity contribution >= 4 is 23.3 Å². The molecule has 6 nitrogen and oxygen atoms in total. The second-order valence-electron chi connectivity index (χ2n) is 6.92. The second kappa shape index (κ2) is 8.36. The molecule has 1 aromatic heterocycles. The van der Waals surface area contributed by atoms with E-state index in [2.05, 4.69) is 5.32 Å². The molecule has 0 bridgehead atoms. The summed E-state index contributed by atoms with van der Waals surface area (Å²) in [6.45, 7) is 0.970. The zero-order valence-corrected chi connectivity index (χ0v) is 16.0. The van der Waals surface area contributed by atoms with E-state index in [0.29, 0.717) is 30.9 Å². The molecule has 1 N–H and O–H groups in total. The van der Waals surface area contributed by atoms with Crippen LogP contribution in [0.5, 0.6) is 0 Å². The predicted octanol–water partition coefficient (Wildman–Crippen LogP) is 4.64. The fourth-order valence-electron chi connectivity index (χ4n) is 3.36. The fourth-order valence-corrected chi connectivity index (χ4v) is 3.36. The van der Waals surface area contributed by atoms with Gasteiger partial charge in [-0.2, -0.15) is 0 Å². The van der Waals surface area contributed by atoms with Crippen molar-refractivity contribution in [2.45, 2.75) is 13.0 Å². The average molecular weight is 411 g/mol. The number of carbonyl (C=O) groups is 2. The quantitative estimate of drug-likeness (QED) is 0.665. The van der Waals surface area contributed by atoms with Crippen LogP contribution >= 0.6 is 0 Å². The maximum absolute atomic E-state index is 14.0. The number of nitrogens with zero attached hydrogens (tertiary/aromatic N) is 2. The number of halogens is 2. The molecule has 1 saturated heterocycles. The molecule has 0 spiro atoms. The monoisotopic (exact) mass is 411 g/mol. The molecular formula is C22H19F2N3O3. The molecule has 0 aliphatic carbocycles. The number of amides is 3. The van der Waals surface area contributed by atoms with Gasteiger partial charge < -0.3 is 14.6 Å². The normalized spacial score (nSPS) is 14.1. The minimum atomic E-state index is -0.544. The number of anilines is 2. The van der Waals surface area contributed by atoms with Crippen LogP contribution in [0.4, 0.5) is 25.0 Å². The second-order valence-corrected chi connectivity index (χ2v) is 6.92. The van der Waals surface area contributed by atoms with Crippen molar-refractivity contribution in [1.82, 2.24) is 4.90 Å². The van der Waals surface area contributed by atoms with E-state index >= 15 is 0 Å². The van der Waals surface area contributed by atoms with Gasteiger partial charge in [-0.15, -0.1) is 0 Å². The zero-order chi connectivity index (χ0) is 21.1. The molecule has 2 heterocycles. The summed E-state index contributed by atoms with van der Waals surface area (Å²) in [6, 6.07) is 13.0. The topological polar surface area (TPSA) is 65.8 Å². The summed E-state index contributed by atoms with van der Waals surface area (Å²) in [4.78, 5) is 28.0. The highest BCUT2D eigenvalue weighted by Crippen LogP contribution is 2.24. The lowest BCUT2D eigenvalue weighted by Gasteiger charge is -2.35. The Morgan fingerprint density at radius 3 is 2.60 bits per heavy atom. The fraction of sp³-hybridized carbons (Fsp3) is 0.182. The van der Waals surface area contributed by atoms with Gasteiger partial charge in [0.1, 0.15) is 11.6 Å². The molecule has 0 radical (unpaired) electrons. The van der Waals surface area contributed by atoms with Crippen LogP contribution in [0, 0.1) is 11.6 Å². The third-order valence-electron chi connectivity index (χ3n) is 4.86. The average Bonchev–Trinajstić information content (AvgIpc) is 3.28. The molecular weight excluding hydrogens is 392 g/mol. The third kappa shape index (κ3) is 4.17. The van der Waals surface area contributed by atoms with Gasteiger partial charge in [0.05, 0.1) is 12.8 Å². The molecule has 0 saturated carbocycles. The summed E-state index contributed by atoms with van der Waals surface area (Å²) < 4.78 is 32.5. The third-order valence-corrected chi connectivity index (χ3v) is 4.86.